The summed E-state index contributed by atoms with van der Waals surface area (Å²) in [5, 5.41) is 10.4. The Morgan fingerprint density at radius 2 is 1.66 bits per heavy atom. The Bertz CT molecular complexity index is 951. The summed E-state index contributed by atoms with van der Waals surface area (Å²) in [5.41, 5.74) is -1.63. The summed E-state index contributed by atoms with van der Waals surface area (Å²) in [4.78, 5) is 15.6. The number of para-hydroxylation sites is 1. The molecule has 0 aromatic heterocycles. The molecule has 0 spiro atoms. The lowest BCUT2D eigenvalue weighted by molar-refractivity contribution is -0.290. The lowest BCUT2D eigenvalue weighted by atomic mass is 9.43. The molecule has 0 aliphatic heterocycles. The summed E-state index contributed by atoms with van der Waals surface area (Å²) >= 11 is 0. The van der Waals surface area contributed by atoms with Crippen molar-refractivity contribution in [2.24, 2.45) is 40.4 Å². The second-order valence-electron chi connectivity index (χ2n) is 12.7. The van der Waals surface area contributed by atoms with Crippen molar-refractivity contribution in [1.29, 1.82) is 0 Å². The van der Waals surface area contributed by atoms with Gasteiger partial charge in [-0.05, 0) is 104 Å². The average molecular weight is 492 g/mol. The first kappa shape index (κ1) is 25.1. The SMILES string of the molecule is CN(CC(=O)[C@H]1CC[C@H]2[C@@H]3CC[C@H]4C[C@@](O)(C(F)(F)F)CC[C@]4(C)[C@H]3CC[C@]12C)c1ccccc1. The van der Waals surface area contributed by atoms with E-state index >= 15 is 0 Å². The molecule has 1 aromatic rings. The Morgan fingerprint density at radius 1 is 0.971 bits per heavy atom. The number of benzene rings is 1. The molecule has 1 N–H and O–H groups in total. The largest absolute Gasteiger partial charge is 0.417 e. The van der Waals surface area contributed by atoms with Gasteiger partial charge in [-0.15, -0.1) is 0 Å². The molecule has 4 aliphatic carbocycles. The Hall–Kier alpha value is -1.56. The van der Waals surface area contributed by atoms with Gasteiger partial charge < -0.3 is 10.0 Å². The van der Waals surface area contributed by atoms with Gasteiger partial charge in [-0.2, -0.15) is 13.2 Å². The number of hydrogen-bond donors (Lipinski definition) is 1. The standard InChI is InChI=1S/C29H40F3NO2/c1-26-15-16-28(35,29(30,31)32)17-19(26)9-10-21-22-11-12-24(27(22,2)14-13-23(21)26)25(34)18-33(3)20-7-5-4-6-8-20/h4-8,19,21-24,35H,9-18H2,1-3H3/t19-,21-,22-,23-,24+,26-,27-,28+/m0/s1. The summed E-state index contributed by atoms with van der Waals surface area (Å²) in [6.07, 6.45) is 1.22. The fraction of sp³-hybridized carbons (Fsp3) is 0.759. The van der Waals surface area contributed by atoms with Crippen LogP contribution in [0, 0.1) is 40.4 Å². The molecule has 0 radical (unpaired) electrons. The number of rotatable bonds is 4. The van der Waals surface area contributed by atoms with Crippen LogP contribution in [0.2, 0.25) is 0 Å². The zero-order valence-electron chi connectivity index (χ0n) is 21.3. The van der Waals surface area contributed by atoms with E-state index in [1.807, 2.05) is 42.3 Å². The van der Waals surface area contributed by atoms with E-state index in [-0.39, 0.29) is 35.5 Å². The first-order valence-corrected chi connectivity index (χ1v) is 13.5. The van der Waals surface area contributed by atoms with Crippen LogP contribution in [0.5, 0.6) is 0 Å². The molecule has 8 atom stereocenters. The number of hydrogen-bond acceptors (Lipinski definition) is 3. The quantitative estimate of drug-likeness (QED) is 0.513. The number of aliphatic hydroxyl groups is 1. The van der Waals surface area contributed by atoms with E-state index < -0.39 is 11.8 Å². The summed E-state index contributed by atoms with van der Waals surface area (Å²) in [6, 6.07) is 10.0. The van der Waals surface area contributed by atoms with Crippen molar-refractivity contribution in [3.05, 3.63) is 30.3 Å². The molecule has 3 nitrogen and oxygen atoms in total. The summed E-state index contributed by atoms with van der Waals surface area (Å²) in [5.74, 6) is 1.67. The molecule has 1 aromatic carbocycles. The molecule has 6 heteroatoms. The highest BCUT2D eigenvalue weighted by Crippen LogP contribution is 2.68. The third kappa shape index (κ3) is 3.93. The number of nitrogens with zero attached hydrogens (tertiary/aromatic N) is 1. The van der Waals surface area contributed by atoms with Gasteiger partial charge in [-0.3, -0.25) is 4.79 Å². The number of ketones is 1. The predicted molar refractivity (Wildman–Crippen MR) is 131 cm³/mol. The third-order valence-corrected chi connectivity index (χ3v) is 11.2. The first-order chi connectivity index (χ1) is 16.4. The van der Waals surface area contributed by atoms with E-state index in [0.717, 1.165) is 44.2 Å². The Kier molecular flexibility index (Phi) is 6.09. The van der Waals surface area contributed by atoms with Crippen molar-refractivity contribution in [1.82, 2.24) is 0 Å². The van der Waals surface area contributed by atoms with Crippen molar-refractivity contribution in [2.75, 3.05) is 18.5 Å². The molecular weight excluding hydrogens is 451 g/mol. The van der Waals surface area contributed by atoms with Gasteiger partial charge in [0, 0.05) is 18.7 Å². The number of carbonyl (C=O) groups excluding carboxylic acids is 1. The summed E-state index contributed by atoms with van der Waals surface area (Å²) in [7, 11) is 1.98. The minimum absolute atomic E-state index is 0.0135. The normalized spacial score (nSPS) is 43.1. The molecule has 5 rings (SSSR count). The zero-order chi connectivity index (χ0) is 25.2. The first-order valence-electron chi connectivity index (χ1n) is 13.5. The Labute approximate surface area is 207 Å². The molecule has 0 unspecified atom stereocenters. The van der Waals surface area contributed by atoms with E-state index in [4.69, 9.17) is 0 Å². The summed E-state index contributed by atoms with van der Waals surface area (Å²) < 4.78 is 40.8. The molecule has 0 bridgehead atoms. The fourth-order valence-electron chi connectivity index (χ4n) is 9.15. The Balaban J connectivity index is 1.31. The molecule has 35 heavy (non-hydrogen) atoms. The number of Topliss-reactive ketones (excluding diaryl/α,β-unsaturated/α-hetero) is 1. The maximum Gasteiger partial charge on any atom is 0.417 e. The molecule has 4 aliphatic rings. The van der Waals surface area contributed by atoms with Gasteiger partial charge in [0.2, 0.25) is 0 Å². The van der Waals surface area contributed by atoms with Gasteiger partial charge in [-0.1, -0.05) is 32.0 Å². The zero-order valence-corrected chi connectivity index (χ0v) is 21.3. The summed E-state index contributed by atoms with van der Waals surface area (Å²) in [6.45, 7) is 4.95. The molecule has 0 heterocycles. The van der Waals surface area contributed by atoms with E-state index in [2.05, 4.69) is 13.8 Å². The fourth-order valence-corrected chi connectivity index (χ4v) is 9.15. The average Bonchev–Trinajstić information content (AvgIpc) is 3.17. The van der Waals surface area contributed by atoms with Gasteiger partial charge in [0.25, 0.3) is 0 Å². The minimum Gasteiger partial charge on any atom is -0.380 e. The number of anilines is 1. The van der Waals surface area contributed by atoms with Gasteiger partial charge in [-0.25, -0.2) is 0 Å². The smallest absolute Gasteiger partial charge is 0.380 e. The van der Waals surface area contributed by atoms with Crippen molar-refractivity contribution >= 4 is 11.5 Å². The highest BCUT2D eigenvalue weighted by Gasteiger charge is 2.65. The van der Waals surface area contributed by atoms with Crippen LogP contribution in [-0.4, -0.2) is 36.3 Å². The van der Waals surface area contributed by atoms with Crippen LogP contribution in [0.3, 0.4) is 0 Å². The van der Waals surface area contributed by atoms with Crippen LogP contribution in [0.15, 0.2) is 30.3 Å². The van der Waals surface area contributed by atoms with Crippen LogP contribution in [-0.2, 0) is 4.79 Å². The lowest BCUT2D eigenvalue weighted by Crippen LogP contribution is -2.59. The van der Waals surface area contributed by atoms with Gasteiger partial charge >= 0.3 is 6.18 Å². The number of likely N-dealkylation sites (N-methyl/N-ethyl adjacent to an activating group) is 1. The van der Waals surface area contributed by atoms with Crippen LogP contribution >= 0.6 is 0 Å². The van der Waals surface area contributed by atoms with E-state index in [1.165, 1.54) is 0 Å². The third-order valence-electron chi connectivity index (χ3n) is 11.2. The van der Waals surface area contributed by atoms with Gasteiger partial charge in [0.05, 0.1) is 6.54 Å². The van der Waals surface area contributed by atoms with Crippen LogP contribution in [0.4, 0.5) is 18.9 Å². The van der Waals surface area contributed by atoms with Crippen molar-refractivity contribution < 1.29 is 23.1 Å². The molecule has 0 amide bonds. The molecule has 194 valence electrons. The number of halogens is 3. The molecule has 4 saturated carbocycles. The number of fused-ring (bicyclic) bond motifs is 5. The topological polar surface area (TPSA) is 40.5 Å². The maximum absolute atomic E-state index is 13.6. The molecule has 0 saturated heterocycles. The molecule has 4 fully saturated rings. The number of alkyl halides is 3. The van der Waals surface area contributed by atoms with Crippen molar-refractivity contribution in [3.8, 4) is 0 Å². The Morgan fingerprint density at radius 3 is 2.34 bits per heavy atom. The number of carbonyl (C=O) groups is 1. The predicted octanol–water partition coefficient (Wildman–Crippen LogP) is 6.64. The van der Waals surface area contributed by atoms with Crippen LogP contribution in [0.1, 0.15) is 71.6 Å². The van der Waals surface area contributed by atoms with Gasteiger partial charge in [0.1, 0.15) is 0 Å². The monoisotopic (exact) mass is 491 g/mol. The lowest BCUT2D eigenvalue weighted by Gasteiger charge is -2.62. The van der Waals surface area contributed by atoms with Crippen molar-refractivity contribution in [3.63, 3.8) is 0 Å². The second-order valence-corrected chi connectivity index (χ2v) is 12.7. The van der Waals surface area contributed by atoms with Crippen LogP contribution < -0.4 is 4.90 Å². The molecular formula is C29H40F3NO2. The van der Waals surface area contributed by atoms with Crippen molar-refractivity contribution in [2.45, 2.75) is 83.4 Å². The van der Waals surface area contributed by atoms with Gasteiger partial charge in [0.15, 0.2) is 11.4 Å². The van der Waals surface area contributed by atoms with E-state index in [0.29, 0.717) is 36.5 Å². The van der Waals surface area contributed by atoms with E-state index in [9.17, 15) is 23.1 Å². The highest BCUT2D eigenvalue weighted by molar-refractivity contribution is 5.86. The maximum atomic E-state index is 13.6. The minimum atomic E-state index is -4.55. The van der Waals surface area contributed by atoms with Crippen LogP contribution in [0.25, 0.3) is 0 Å². The second kappa shape index (κ2) is 8.49. The highest BCUT2D eigenvalue weighted by atomic mass is 19.4. The van der Waals surface area contributed by atoms with E-state index in [1.54, 1.807) is 0 Å².